The summed E-state index contributed by atoms with van der Waals surface area (Å²) in [7, 11) is 0. The molecule has 3 saturated carbocycles. The first-order valence-corrected chi connectivity index (χ1v) is 10.8. The largest absolute Gasteiger partial charge is 0.349 e. The van der Waals surface area contributed by atoms with Gasteiger partial charge in [-0.1, -0.05) is 37.1 Å². The molecule has 1 saturated heterocycles. The maximum atomic E-state index is 11.7. The average molecular weight is 353 g/mol. The fourth-order valence-electron chi connectivity index (χ4n) is 6.82. The van der Waals surface area contributed by atoms with Crippen LogP contribution in [0.2, 0.25) is 0 Å². The number of rotatable bonds is 2. The van der Waals surface area contributed by atoms with Crippen molar-refractivity contribution in [1.82, 2.24) is 10.2 Å². The Morgan fingerprint density at radius 2 is 1.85 bits per heavy atom. The number of hydrogen-bond donors (Lipinski definition) is 1. The maximum Gasteiger partial charge on any atom is 0.217 e. The normalized spacial score (nSPS) is 35.4. The first-order chi connectivity index (χ1) is 12.6. The van der Waals surface area contributed by atoms with E-state index >= 15 is 0 Å². The molecule has 0 aromatic heterocycles. The molecule has 2 unspecified atom stereocenters. The lowest BCUT2D eigenvalue weighted by atomic mass is 9.66. The molecule has 1 aromatic rings. The highest BCUT2D eigenvalue weighted by Crippen LogP contribution is 2.52. The van der Waals surface area contributed by atoms with Gasteiger partial charge >= 0.3 is 0 Å². The van der Waals surface area contributed by atoms with Crippen LogP contribution in [0, 0.1) is 11.8 Å². The van der Waals surface area contributed by atoms with Crippen LogP contribution in [0.4, 0.5) is 0 Å². The van der Waals surface area contributed by atoms with Crippen molar-refractivity contribution in [3.63, 3.8) is 0 Å². The SMILES string of the molecule is CC(=O)NC1CC2(CCN(C3CC4CCC3CC4)CC2)c2ccccc21. The van der Waals surface area contributed by atoms with E-state index < -0.39 is 0 Å². The van der Waals surface area contributed by atoms with Crippen LogP contribution in [-0.2, 0) is 10.2 Å². The lowest BCUT2D eigenvalue weighted by Crippen LogP contribution is -2.52. The zero-order chi connectivity index (χ0) is 17.7. The lowest BCUT2D eigenvalue weighted by molar-refractivity contribution is -0.119. The van der Waals surface area contributed by atoms with E-state index in [-0.39, 0.29) is 17.4 Å². The van der Waals surface area contributed by atoms with Crippen molar-refractivity contribution < 1.29 is 4.79 Å². The van der Waals surface area contributed by atoms with Crippen LogP contribution in [0.5, 0.6) is 0 Å². The molecular weight excluding hydrogens is 320 g/mol. The molecule has 1 N–H and O–H groups in total. The molecule has 26 heavy (non-hydrogen) atoms. The summed E-state index contributed by atoms with van der Waals surface area (Å²) >= 11 is 0. The Balaban J connectivity index is 1.33. The molecule has 5 aliphatic rings. The van der Waals surface area contributed by atoms with Gasteiger partial charge in [0.15, 0.2) is 0 Å². The van der Waals surface area contributed by atoms with Gasteiger partial charge in [0.25, 0.3) is 0 Å². The Bertz CT molecular complexity index is 683. The molecule has 2 atom stereocenters. The number of hydrogen-bond acceptors (Lipinski definition) is 2. The highest BCUT2D eigenvalue weighted by molar-refractivity contribution is 5.73. The molecule has 2 bridgehead atoms. The van der Waals surface area contributed by atoms with Crippen LogP contribution in [0.1, 0.15) is 75.5 Å². The molecule has 3 nitrogen and oxygen atoms in total. The van der Waals surface area contributed by atoms with E-state index in [9.17, 15) is 4.79 Å². The minimum atomic E-state index is 0.0949. The van der Waals surface area contributed by atoms with Gasteiger partial charge in [0.05, 0.1) is 6.04 Å². The summed E-state index contributed by atoms with van der Waals surface area (Å²) in [5.41, 5.74) is 3.17. The fraction of sp³-hybridized carbons (Fsp3) is 0.696. The van der Waals surface area contributed by atoms with Crippen LogP contribution in [0.3, 0.4) is 0 Å². The zero-order valence-corrected chi connectivity index (χ0v) is 16.0. The van der Waals surface area contributed by atoms with Gasteiger partial charge in [-0.2, -0.15) is 0 Å². The number of carbonyl (C=O) groups excluding carboxylic acids is 1. The van der Waals surface area contributed by atoms with Crippen LogP contribution in [-0.4, -0.2) is 29.9 Å². The topological polar surface area (TPSA) is 32.3 Å². The highest BCUT2D eigenvalue weighted by Gasteiger charge is 2.47. The Kier molecular flexibility index (Phi) is 4.11. The first kappa shape index (κ1) is 16.8. The number of piperidine rings is 1. The molecule has 1 aromatic carbocycles. The first-order valence-electron chi connectivity index (χ1n) is 10.8. The number of amides is 1. The Labute approximate surface area is 157 Å². The summed E-state index contributed by atoms with van der Waals surface area (Å²) in [4.78, 5) is 14.5. The molecule has 4 fully saturated rings. The highest BCUT2D eigenvalue weighted by atomic mass is 16.1. The molecule has 1 heterocycles. The summed E-state index contributed by atoms with van der Waals surface area (Å²) in [5, 5.41) is 3.21. The van der Waals surface area contributed by atoms with E-state index in [1.165, 1.54) is 69.2 Å². The molecule has 1 aliphatic heterocycles. The molecule has 3 heteroatoms. The smallest absolute Gasteiger partial charge is 0.217 e. The number of benzene rings is 1. The summed E-state index contributed by atoms with van der Waals surface area (Å²) in [6.07, 6.45) is 11.0. The summed E-state index contributed by atoms with van der Waals surface area (Å²) in [6, 6.07) is 9.94. The van der Waals surface area contributed by atoms with E-state index in [0.29, 0.717) is 0 Å². The monoisotopic (exact) mass is 352 g/mol. The van der Waals surface area contributed by atoms with E-state index in [1.807, 2.05) is 0 Å². The standard InChI is InChI=1S/C23H32N2O/c1-16(26)24-21-15-23(20-5-3-2-4-19(20)21)10-12-25(13-11-23)22-14-17-6-8-18(22)9-7-17/h2-5,17-18,21-22H,6-15H2,1H3,(H,24,26). The van der Waals surface area contributed by atoms with Crippen molar-refractivity contribution in [2.24, 2.45) is 11.8 Å². The van der Waals surface area contributed by atoms with Gasteiger partial charge in [-0.05, 0) is 74.6 Å². The molecule has 6 rings (SSSR count). The second-order valence-corrected chi connectivity index (χ2v) is 9.44. The molecule has 140 valence electrons. The van der Waals surface area contributed by atoms with Gasteiger partial charge in [-0.3, -0.25) is 4.79 Å². The summed E-state index contributed by atoms with van der Waals surface area (Å²) in [6.45, 7) is 4.14. The Morgan fingerprint density at radius 3 is 2.50 bits per heavy atom. The number of likely N-dealkylation sites (tertiary alicyclic amines) is 1. The van der Waals surface area contributed by atoms with Crippen LogP contribution in [0.25, 0.3) is 0 Å². The third kappa shape index (κ3) is 2.70. The summed E-state index contributed by atoms with van der Waals surface area (Å²) in [5.74, 6) is 2.08. The van der Waals surface area contributed by atoms with Crippen LogP contribution >= 0.6 is 0 Å². The van der Waals surface area contributed by atoms with Gasteiger partial charge in [0, 0.05) is 18.4 Å². The molecule has 1 spiro atoms. The van der Waals surface area contributed by atoms with Crippen molar-refractivity contribution in [1.29, 1.82) is 0 Å². The Hall–Kier alpha value is -1.35. The van der Waals surface area contributed by atoms with Crippen LogP contribution in [0.15, 0.2) is 24.3 Å². The number of fused-ring (bicyclic) bond motifs is 5. The molecule has 0 radical (unpaired) electrons. The molecular formula is C23H32N2O. The van der Waals surface area contributed by atoms with Crippen LogP contribution < -0.4 is 5.32 Å². The second kappa shape index (κ2) is 6.37. The van der Waals surface area contributed by atoms with Crippen molar-refractivity contribution in [2.45, 2.75) is 75.8 Å². The average Bonchev–Trinajstić information content (AvgIpc) is 2.96. The van der Waals surface area contributed by atoms with Gasteiger partial charge in [0.1, 0.15) is 0 Å². The zero-order valence-electron chi connectivity index (χ0n) is 16.0. The van der Waals surface area contributed by atoms with Gasteiger partial charge in [-0.15, -0.1) is 0 Å². The van der Waals surface area contributed by atoms with Crippen molar-refractivity contribution in [3.8, 4) is 0 Å². The van der Waals surface area contributed by atoms with E-state index in [1.54, 1.807) is 6.92 Å². The third-order valence-electron chi connectivity index (χ3n) is 8.11. The fourth-order valence-corrected chi connectivity index (χ4v) is 6.82. The van der Waals surface area contributed by atoms with E-state index in [4.69, 9.17) is 0 Å². The van der Waals surface area contributed by atoms with Crippen molar-refractivity contribution in [3.05, 3.63) is 35.4 Å². The minimum Gasteiger partial charge on any atom is -0.349 e. The number of nitrogens with one attached hydrogen (secondary N) is 1. The van der Waals surface area contributed by atoms with E-state index in [2.05, 4.69) is 34.5 Å². The van der Waals surface area contributed by atoms with Gasteiger partial charge < -0.3 is 10.2 Å². The van der Waals surface area contributed by atoms with E-state index in [0.717, 1.165) is 24.3 Å². The second-order valence-electron chi connectivity index (χ2n) is 9.44. The Morgan fingerprint density at radius 1 is 1.12 bits per heavy atom. The summed E-state index contributed by atoms with van der Waals surface area (Å²) < 4.78 is 0. The lowest BCUT2D eigenvalue weighted by Gasteiger charge is -2.51. The van der Waals surface area contributed by atoms with Crippen molar-refractivity contribution in [2.75, 3.05) is 13.1 Å². The molecule has 4 aliphatic carbocycles. The minimum absolute atomic E-state index is 0.0949. The van der Waals surface area contributed by atoms with Crippen molar-refractivity contribution >= 4 is 5.91 Å². The quantitative estimate of drug-likeness (QED) is 0.866. The maximum absolute atomic E-state index is 11.7. The molecule has 1 amide bonds. The predicted molar refractivity (Wildman–Crippen MR) is 104 cm³/mol. The van der Waals surface area contributed by atoms with Gasteiger partial charge in [0.2, 0.25) is 5.91 Å². The number of nitrogens with zero attached hydrogens (tertiary/aromatic N) is 1. The van der Waals surface area contributed by atoms with Gasteiger partial charge in [-0.25, -0.2) is 0 Å². The third-order valence-corrected chi connectivity index (χ3v) is 8.11. The predicted octanol–water partition coefficient (Wildman–Crippen LogP) is 4.18. The number of carbonyl (C=O) groups is 1.